The van der Waals surface area contributed by atoms with Crippen molar-refractivity contribution >= 4 is 47.3 Å². The van der Waals surface area contributed by atoms with Crippen molar-refractivity contribution in [3.05, 3.63) is 70.3 Å². The van der Waals surface area contributed by atoms with Crippen LogP contribution in [0.15, 0.2) is 30.3 Å². The number of hydrogen-bond donors (Lipinski definition) is 7. The van der Waals surface area contributed by atoms with Crippen LogP contribution in [0.1, 0.15) is 111 Å². The molecule has 1 fully saturated rings. The van der Waals surface area contributed by atoms with Gasteiger partial charge in [0.05, 0.1) is 18.2 Å². The van der Waals surface area contributed by atoms with Crippen LogP contribution in [0.3, 0.4) is 0 Å². The summed E-state index contributed by atoms with van der Waals surface area (Å²) >= 11 is 0. The molecule has 0 heterocycles. The number of carboxylic acid groups (broad SMARTS) is 2. The van der Waals surface area contributed by atoms with E-state index in [9.17, 15) is 66.1 Å². The number of halogens is 4. The van der Waals surface area contributed by atoms with Gasteiger partial charge in [0, 0.05) is 0 Å². The SMILES string of the molecule is CCC[C@@H](NC(=O)[C@H](CC(C)C)NC(=O)[C@@](C)(NC(=O)c1c(F)c(F)c(F)c(F)c1C(=O)O)C1CCCCC1)C(=O)C(=O)NCC(=O)N[C@H](C(=O)O)c1ccccc1. The highest BCUT2D eigenvalue weighted by Crippen LogP contribution is 2.34. The molecule has 1 saturated carbocycles. The van der Waals surface area contributed by atoms with Crippen LogP contribution in [0.4, 0.5) is 17.6 Å². The Kier molecular flexibility index (Phi) is 16.4. The summed E-state index contributed by atoms with van der Waals surface area (Å²) in [5.74, 6) is -21.3. The number of carbonyl (C=O) groups is 8. The van der Waals surface area contributed by atoms with Crippen molar-refractivity contribution in [2.75, 3.05) is 6.54 Å². The summed E-state index contributed by atoms with van der Waals surface area (Å²) in [4.78, 5) is 104. The summed E-state index contributed by atoms with van der Waals surface area (Å²) in [5, 5.41) is 30.6. The fourth-order valence-corrected chi connectivity index (χ4v) is 6.76. The average molecular weight is 822 g/mol. The van der Waals surface area contributed by atoms with Gasteiger partial charge in [0.1, 0.15) is 17.1 Å². The number of carboxylic acids is 2. The van der Waals surface area contributed by atoms with Crippen molar-refractivity contribution in [3.8, 4) is 0 Å². The van der Waals surface area contributed by atoms with E-state index < -0.39 is 118 Å². The maximum Gasteiger partial charge on any atom is 0.339 e. The molecule has 1 aliphatic rings. The van der Waals surface area contributed by atoms with Crippen LogP contribution >= 0.6 is 0 Å². The van der Waals surface area contributed by atoms with E-state index in [1.165, 1.54) is 19.1 Å². The molecule has 0 spiro atoms. The third-order valence-electron chi connectivity index (χ3n) is 9.83. The molecule has 0 aromatic heterocycles. The van der Waals surface area contributed by atoms with Gasteiger partial charge in [-0.3, -0.25) is 28.8 Å². The van der Waals surface area contributed by atoms with Crippen molar-refractivity contribution in [1.29, 1.82) is 0 Å². The Labute approximate surface area is 331 Å². The van der Waals surface area contributed by atoms with Crippen molar-refractivity contribution < 1.29 is 66.1 Å². The minimum absolute atomic E-state index is 0.0655. The van der Waals surface area contributed by atoms with E-state index in [0.29, 0.717) is 25.7 Å². The Bertz CT molecular complexity index is 1910. The van der Waals surface area contributed by atoms with Gasteiger partial charge >= 0.3 is 11.9 Å². The second-order valence-corrected chi connectivity index (χ2v) is 14.6. The highest BCUT2D eigenvalue weighted by molar-refractivity contribution is 6.38. The average Bonchev–Trinajstić information content (AvgIpc) is 3.18. The summed E-state index contributed by atoms with van der Waals surface area (Å²) in [6, 6.07) is 3.35. The smallest absolute Gasteiger partial charge is 0.339 e. The van der Waals surface area contributed by atoms with Crippen molar-refractivity contribution in [1.82, 2.24) is 26.6 Å². The molecule has 4 atom stereocenters. The van der Waals surface area contributed by atoms with Gasteiger partial charge in [0.15, 0.2) is 29.3 Å². The fourth-order valence-electron chi connectivity index (χ4n) is 6.76. The molecular weight excluding hydrogens is 774 g/mol. The number of benzene rings is 2. The summed E-state index contributed by atoms with van der Waals surface area (Å²) in [6.45, 7) is 5.46. The maximum atomic E-state index is 15.0. The van der Waals surface area contributed by atoms with E-state index in [4.69, 9.17) is 0 Å². The number of amides is 5. The molecule has 15 nitrogen and oxygen atoms in total. The van der Waals surface area contributed by atoms with E-state index in [2.05, 4.69) is 26.6 Å². The van der Waals surface area contributed by atoms with E-state index in [-0.39, 0.29) is 30.7 Å². The van der Waals surface area contributed by atoms with Crippen LogP contribution in [0, 0.1) is 35.1 Å². The van der Waals surface area contributed by atoms with Crippen LogP contribution < -0.4 is 26.6 Å². The Morgan fingerprint density at radius 1 is 0.793 bits per heavy atom. The third kappa shape index (κ3) is 11.4. The molecule has 0 bridgehead atoms. The van der Waals surface area contributed by atoms with E-state index >= 15 is 0 Å². The number of carbonyl (C=O) groups excluding carboxylic acids is 6. The highest BCUT2D eigenvalue weighted by Gasteiger charge is 2.46. The first-order valence-corrected chi connectivity index (χ1v) is 18.7. The number of nitrogens with one attached hydrogen (secondary N) is 5. The van der Waals surface area contributed by atoms with Crippen LogP contribution in [0.2, 0.25) is 0 Å². The zero-order valence-electron chi connectivity index (χ0n) is 32.3. The molecule has 19 heteroatoms. The third-order valence-corrected chi connectivity index (χ3v) is 9.83. The number of hydrogen-bond acceptors (Lipinski definition) is 8. The fraction of sp³-hybridized carbons (Fsp3) is 0.487. The molecule has 2 aromatic carbocycles. The standard InChI is InChI=1S/C39H47F4N5O10/c1-5-12-22(32(50)35(53)44-18-24(49)47-31(37(56)57)20-13-8-6-9-14-20)45-33(51)23(17-19(2)3)46-38(58)39(4,21-15-10-7-11-16-21)48-34(52)25-26(36(54)55)28(41)30(43)29(42)27(25)40/h6,8-9,13-14,19,21-23,31H,5,7,10-12,15-18H2,1-4H3,(H,44,53)(H,45,51)(H,46,58)(H,47,49)(H,48,52)(H,54,55)(H,56,57)/t22-,23+,31+,39+/m1/s1. The molecule has 0 aliphatic heterocycles. The lowest BCUT2D eigenvalue weighted by molar-refractivity contribution is -0.142. The van der Waals surface area contributed by atoms with E-state index in [1.807, 2.05) is 0 Å². The first kappa shape index (κ1) is 46.5. The van der Waals surface area contributed by atoms with Crippen LogP contribution in [-0.4, -0.2) is 81.6 Å². The molecule has 3 rings (SSSR count). The second-order valence-electron chi connectivity index (χ2n) is 14.6. The second kappa shape index (κ2) is 20.5. The van der Waals surface area contributed by atoms with Gasteiger partial charge in [-0.2, -0.15) is 0 Å². The zero-order chi connectivity index (χ0) is 43.5. The normalized spacial score (nSPS) is 15.5. The van der Waals surface area contributed by atoms with Gasteiger partial charge in [0.25, 0.3) is 11.8 Å². The number of rotatable bonds is 19. The maximum absolute atomic E-state index is 15.0. The first-order valence-electron chi connectivity index (χ1n) is 18.7. The number of aromatic carboxylic acids is 1. The van der Waals surface area contributed by atoms with Crippen LogP contribution in [-0.2, 0) is 28.8 Å². The van der Waals surface area contributed by atoms with Crippen molar-refractivity contribution in [2.24, 2.45) is 11.8 Å². The van der Waals surface area contributed by atoms with Gasteiger partial charge in [-0.1, -0.05) is 76.8 Å². The minimum atomic E-state index is -2.46. The number of Topliss-reactive ketones (excluding diaryl/α,β-unsaturated/α-hetero) is 1. The van der Waals surface area contributed by atoms with E-state index in [0.717, 1.165) is 6.42 Å². The van der Waals surface area contributed by atoms with Gasteiger partial charge in [-0.05, 0) is 50.0 Å². The van der Waals surface area contributed by atoms with E-state index in [1.54, 1.807) is 39.0 Å². The van der Waals surface area contributed by atoms with Gasteiger partial charge in [-0.25, -0.2) is 27.2 Å². The molecule has 316 valence electrons. The Hall–Kier alpha value is -5.88. The lowest BCUT2D eigenvalue weighted by Gasteiger charge is -2.40. The first-order chi connectivity index (χ1) is 27.2. The largest absolute Gasteiger partial charge is 0.479 e. The van der Waals surface area contributed by atoms with Crippen molar-refractivity contribution in [2.45, 2.75) is 103 Å². The molecule has 5 amide bonds. The summed E-state index contributed by atoms with van der Waals surface area (Å²) in [6.07, 6.45) is 2.60. The Morgan fingerprint density at radius 3 is 1.91 bits per heavy atom. The van der Waals surface area contributed by atoms with Crippen LogP contribution in [0.25, 0.3) is 0 Å². The molecule has 7 N–H and O–H groups in total. The molecular formula is C39H47F4N5O10. The molecule has 1 aliphatic carbocycles. The van der Waals surface area contributed by atoms with Gasteiger partial charge in [-0.15, -0.1) is 0 Å². The topological polar surface area (TPSA) is 237 Å². The summed E-state index contributed by atoms with van der Waals surface area (Å²) < 4.78 is 57.8. The molecule has 58 heavy (non-hydrogen) atoms. The monoisotopic (exact) mass is 821 g/mol. The van der Waals surface area contributed by atoms with Crippen molar-refractivity contribution in [3.63, 3.8) is 0 Å². The number of ketones is 1. The minimum Gasteiger partial charge on any atom is -0.479 e. The lowest BCUT2D eigenvalue weighted by Crippen LogP contribution is -2.64. The quantitative estimate of drug-likeness (QED) is 0.0472. The molecule has 0 unspecified atom stereocenters. The molecule has 0 saturated heterocycles. The Balaban J connectivity index is 1.84. The predicted octanol–water partition coefficient (Wildman–Crippen LogP) is 3.45. The summed E-state index contributed by atoms with van der Waals surface area (Å²) in [5.41, 5.74) is -5.31. The van der Waals surface area contributed by atoms with Crippen LogP contribution in [0.5, 0.6) is 0 Å². The molecule has 2 aromatic rings. The predicted molar refractivity (Wildman–Crippen MR) is 197 cm³/mol. The van der Waals surface area contributed by atoms with Gasteiger partial charge in [0.2, 0.25) is 23.5 Å². The number of aliphatic carboxylic acids is 1. The lowest BCUT2D eigenvalue weighted by atomic mass is 9.74. The molecule has 0 radical (unpaired) electrons. The Morgan fingerprint density at radius 2 is 1.38 bits per heavy atom. The zero-order valence-corrected chi connectivity index (χ0v) is 32.3. The summed E-state index contributed by atoms with van der Waals surface area (Å²) in [7, 11) is 0. The van der Waals surface area contributed by atoms with Gasteiger partial charge < -0.3 is 36.8 Å². The highest BCUT2D eigenvalue weighted by atomic mass is 19.2.